The van der Waals surface area contributed by atoms with Crippen LogP contribution in [0.25, 0.3) is 0 Å². The Morgan fingerprint density at radius 3 is 2.81 bits per heavy atom. The molecule has 6 heteroatoms. The molecule has 0 bridgehead atoms. The maximum atomic E-state index is 10.2. The van der Waals surface area contributed by atoms with Gasteiger partial charge < -0.3 is 25.2 Å². The van der Waals surface area contributed by atoms with Gasteiger partial charge in [0.1, 0.15) is 5.75 Å². The zero-order chi connectivity index (χ0) is 15.5. The summed E-state index contributed by atoms with van der Waals surface area (Å²) in [6, 6.07) is 7.36. The minimum Gasteiger partial charge on any atom is -0.497 e. The third kappa shape index (κ3) is 6.46. The number of ether oxygens (including phenoxy) is 2. The van der Waals surface area contributed by atoms with Crippen molar-refractivity contribution in [1.82, 2.24) is 10.6 Å². The van der Waals surface area contributed by atoms with Crippen LogP contribution in [0.1, 0.15) is 18.6 Å². The second-order valence-corrected chi connectivity index (χ2v) is 4.43. The standard InChI is InChI=1S/C15H25N3O3/c1-4-16-15(17-8-9-20-2)18-11-14(19)12-6-5-7-13(10-12)21-3/h5-7,10,14,19H,4,8-9,11H2,1-3H3,(H2,16,17,18). The van der Waals surface area contributed by atoms with Crippen molar-refractivity contribution in [2.75, 3.05) is 40.5 Å². The molecule has 0 aliphatic heterocycles. The molecule has 6 nitrogen and oxygen atoms in total. The van der Waals surface area contributed by atoms with E-state index >= 15 is 0 Å². The number of aliphatic hydroxyl groups excluding tert-OH is 1. The van der Waals surface area contributed by atoms with E-state index in [1.165, 1.54) is 0 Å². The fraction of sp³-hybridized carbons (Fsp3) is 0.533. The molecule has 0 heterocycles. The molecule has 0 radical (unpaired) electrons. The minimum absolute atomic E-state index is 0.273. The molecule has 0 fully saturated rings. The first-order valence-electron chi connectivity index (χ1n) is 7.04. The number of methoxy groups -OCH3 is 2. The molecule has 0 amide bonds. The molecular formula is C15H25N3O3. The molecule has 0 aliphatic carbocycles. The molecule has 118 valence electrons. The summed E-state index contributed by atoms with van der Waals surface area (Å²) in [7, 11) is 3.25. The van der Waals surface area contributed by atoms with Gasteiger partial charge in [0.25, 0.3) is 0 Å². The van der Waals surface area contributed by atoms with Gasteiger partial charge in [0.05, 0.1) is 26.4 Å². The van der Waals surface area contributed by atoms with Gasteiger partial charge in [0.2, 0.25) is 0 Å². The lowest BCUT2D eigenvalue weighted by Crippen LogP contribution is -2.39. The van der Waals surface area contributed by atoms with E-state index < -0.39 is 6.10 Å². The molecule has 0 saturated carbocycles. The van der Waals surface area contributed by atoms with E-state index in [0.717, 1.165) is 17.9 Å². The maximum Gasteiger partial charge on any atom is 0.191 e. The first-order chi connectivity index (χ1) is 10.2. The van der Waals surface area contributed by atoms with E-state index in [9.17, 15) is 5.11 Å². The second kappa shape index (κ2) is 10.0. The zero-order valence-electron chi connectivity index (χ0n) is 12.9. The normalized spacial score (nSPS) is 12.9. The SMILES string of the molecule is CCNC(=NCC(O)c1cccc(OC)c1)NCCOC. The van der Waals surface area contributed by atoms with Crippen LogP contribution in [0.5, 0.6) is 5.75 Å². The van der Waals surface area contributed by atoms with E-state index in [1.807, 2.05) is 31.2 Å². The van der Waals surface area contributed by atoms with Crippen molar-refractivity contribution in [1.29, 1.82) is 0 Å². The third-order valence-corrected chi connectivity index (χ3v) is 2.84. The Kier molecular flexibility index (Phi) is 8.23. The Hall–Kier alpha value is -1.79. The fourth-order valence-electron chi connectivity index (χ4n) is 1.75. The van der Waals surface area contributed by atoms with Gasteiger partial charge in [0.15, 0.2) is 5.96 Å². The fourth-order valence-corrected chi connectivity index (χ4v) is 1.75. The number of nitrogens with one attached hydrogen (secondary N) is 2. The van der Waals surface area contributed by atoms with Crippen molar-refractivity contribution < 1.29 is 14.6 Å². The number of aliphatic imine (C=N–C) groups is 1. The van der Waals surface area contributed by atoms with Gasteiger partial charge in [-0.2, -0.15) is 0 Å². The number of guanidine groups is 1. The first-order valence-corrected chi connectivity index (χ1v) is 7.04. The summed E-state index contributed by atoms with van der Waals surface area (Å²) in [5.41, 5.74) is 0.783. The number of hydrogen-bond donors (Lipinski definition) is 3. The number of benzene rings is 1. The molecule has 0 aliphatic rings. The predicted octanol–water partition coefficient (Wildman–Crippen LogP) is 0.930. The van der Waals surface area contributed by atoms with Gasteiger partial charge in [-0.3, -0.25) is 4.99 Å². The average molecular weight is 295 g/mol. The van der Waals surface area contributed by atoms with Crippen LogP contribution in [-0.2, 0) is 4.74 Å². The van der Waals surface area contributed by atoms with Crippen LogP contribution in [0.2, 0.25) is 0 Å². The third-order valence-electron chi connectivity index (χ3n) is 2.84. The Labute approximate surface area is 126 Å². The lowest BCUT2D eigenvalue weighted by atomic mass is 10.1. The molecule has 1 rings (SSSR count). The van der Waals surface area contributed by atoms with Gasteiger partial charge in [-0.1, -0.05) is 12.1 Å². The summed E-state index contributed by atoms with van der Waals surface area (Å²) in [5, 5.41) is 16.4. The molecule has 21 heavy (non-hydrogen) atoms. The summed E-state index contributed by atoms with van der Waals surface area (Å²) in [6.45, 7) is 4.29. The highest BCUT2D eigenvalue weighted by Gasteiger charge is 2.08. The monoisotopic (exact) mass is 295 g/mol. The second-order valence-electron chi connectivity index (χ2n) is 4.43. The topological polar surface area (TPSA) is 75.1 Å². The molecule has 0 aromatic heterocycles. The summed E-state index contributed by atoms with van der Waals surface area (Å²) in [6.07, 6.45) is -0.669. The van der Waals surface area contributed by atoms with E-state index in [-0.39, 0.29) is 6.54 Å². The van der Waals surface area contributed by atoms with Gasteiger partial charge in [-0.05, 0) is 24.6 Å². The number of rotatable bonds is 8. The van der Waals surface area contributed by atoms with E-state index in [1.54, 1.807) is 14.2 Å². The van der Waals surface area contributed by atoms with Crippen LogP contribution in [0, 0.1) is 0 Å². The maximum absolute atomic E-state index is 10.2. The molecule has 3 N–H and O–H groups in total. The van der Waals surface area contributed by atoms with E-state index in [4.69, 9.17) is 9.47 Å². The summed E-state index contributed by atoms with van der Waals surface area (Å²) < 4.78 is 10.1. The number of hydrogen-bond acceptors (Lipinski definition) is 4. The largest absolute Gasteiger partial charge is 0.497 e. The van der Waals surface area contributed by atoms with Gasteiger partial charge in [0, 0.05) is 20.2 Å². The lowest BCUT2D eigenvalue weighted by Gasteiger charge is -2.13. The molecule has 1 unspecified atom stereocenters. The van der Waals surface area contributed by atoms with Crippen LogP contribution < -0.4 is 15.4 Å². The lowest BCUT2D eigenvalue weighted by molar-refractivity contribution is 0.186. The highest BCUT2D eigenvalue weighted by Crippen LogP contribution is 2.19. The molecule has 1 aromatic rings. The van der Waals surface area contributed by atoms with Crippen molar-refractivity contribution in [3.05, 3.63) is 29.8 Å². The Morgan fingerprint density at radius 2 is 2.14 bits per heavy atom. The van der Waals surface area contributed by atoms with Crippen LogP contribution in [0.4, 0.5) is 0 Å². The van der Waals surface area contributed by atoms with Gasteiger partial charge in [-0.15, -0.1) is 0 Å². The summed E-state index contributed by atoms with van der Waals surface area (Å²) in [4.78, 5) is 4.37. The van der Waals surface area contributed by atoms with Crippen LogP contribution in [0.3, 0.4) is 0 Å². The van der Waals surface area contributed by atoms with E-state index in [0.29, 0.717) is 19.1 Å². The number of aliphatic hydroxyl groups is 1. The number of nitrogens with zero attached hydrogens (tertiary/aromatic N) is 1. The van der Waals surface area contributed by atoms with Gasteiger partial charge >= 0.3 is 0 Å². The van der Waals surface area contributed by atoms with Crippen LogP contribution >= 0.6 is 0 Å². The Morgan fingerprint density at radius 1 is 1.33 bits per heavy atom. The van der Waals surface area contributed by atoms with Crippen LogP contribution in [-0.4, -0.2) is 51.5 Å². The molecular weight excluding hydrogens is 270 g/mol. The van der Waals surface area contributed by atoms with Crippen molar-refractivity contribution in [2.45, 2.75) is 13.0 Å². The molecule has 0 spiro atoms. The highest BCUT2D eigenvalue weighted by atomic mass is 16.5. The molecule has 1 aromatic carbocycles. The quantitative estimate of drug-likeness (QED) is 0.378. The Balaban J connectivity index is 2.60. The Bertz CT molecular complexity index is 438. The van der Waals surface area contributed by atoms with Gasteiger partial charge in [-0.25, -0.2) is 0 Å². The van der Waals surface area contributed by atoms with Crippen molar-refractivity contribution in [3.63, 3.8) is 0 Å². The predicted molar refractivity (Wildman–Crippen MR) is 83.8 cm³/mol. The van der Waals surface area contributed by atoms with Crippen molar-refractivity contribution in [3.8, 4) is 5.75 Å². The molecule has 0 saturated heterocycles. The first kappa shape index (κ1) is 17.3. The van der Waals surface area contributed by atoms with Crippen molar-refractivity contribution >= 4 is 5.96 Å². The molecule has 1 atom stereocenters. The zero-order valence-corrected chi connectivity index (χ0v) is 12.9. The summed E-state index contributed by atoms with van der Waals surface area (Å²) >= 11 is 0. The van der Waals surface area contributed by atoms with Crippen LogP contribution in [0.15, 0.2) is 29.3 Å². The highest BCUT2D eigenvalue weighted by molar-refractivity contribution is 5.79. The van der Waals surface area contributed by atoms with E-state index in [2.05, 4.69) is 15.6 Å². The summed E-state index contributed by atoms with van der Waals surface area (Å²) in [5.74, 6) is 1.39. The average Bonchev–Trinajstić information content (AvgIpc) is 2.52. The smallest absolute Gasteiger partial charge is 0.191 e. The minimum atomic E-state index is -0.669. The van der Waals surface area contributed by atoms with Crippen molar-refractivity contribution in [2.24, 2.45) is 4.99 Å².